The van der Waals surface area contributed by atoms with E-state index in [1.54, 1.807) is 30.3 Å². The first kappa shape index (κ1) is 26.7. The van der Waals surface area contributed by atoms with Crippen molar-refractivity contribution in [3.05, 3.63) is 35.9 Å². The summed E-state index contributed by atoms with van der Waals surface area (Å²) in [6, 6.07) is 4.22. The van der Waals surface area contributed by atoms with Crippen molar-refractivity contribution in [3.63, 3.8) is 0 Å². The lowest BCUT2D eigenvalue weighted by molar-refractivity contribution is -0.141. The highest BCUT2D eigenvalue weighted by Gasteiger charge is 2.34. The molecule has 6 atom stereocenters. The van der Waals surface area contributed by atoms with Gasteiger partial charge in [-0.1, -0.05) is 30.3 Å². The summed E-state index contributed by atoms with van der Waals surface area (Å²) >= 11 is 0. The van der Waals surface area contributed by atoms with Crippen LogP contribution in [-0.2, 0) is 25.6 Å². The maximum atomic E-state index is 12.9. The first-order valence-corrected chi connectivity index (χ1v) is 9.76. The number of rotatable bonds is 16. The van der Waals surface area contributed by atoms with Gasteiger partial charge in [-0.25, -0.2) is 21.7 Å². The highest BCUT2D eigenvalue weighted by Crippen LogP contribution is 2.07. The van der Waals surface area contributed by atoms with Crippen molar-refractivity contribution in [2.45, 2.75) is 56.6 Å². The van der Waals surface area contributed by atoms with Gasteiger partial charge in [0.05, 0.1) is 30.9 Å². The number of hydrogen-bond acceptors (Lipinski definition) is 11. The molecule has 11 heteroatoms. The number of hydrazine groups is 2. The molecule has 1 rings (SSSR count). The summed E-state index contributed by atoms with van der Waals surface area (Å²) in [5, 5.41) is 28.6. The predicted octanol–water partition coefficient (Wildman–Crippen LogP) is -2.82. The van der Waals surface area contributed by atoms with E-state index in [-0.39, 0.29) is 6.42 Å². The molecule has 1 aromatic rings. The summed E-state index contributed by atoms with van der Waals surface area (Å²) in [5.41, 5.74) is 10.7. The number of carbonyl (C=O) groups is 4. The molecule has 0 heterocycles. The third-order valence-corrected chi connectivity index (χ3v) is 4.48. The normalized spacial score (nSPS) is 17.1. The number of aliphatic hydroxyl groups excluding tert-OH is 3. The Hall–Kier alpha value is -2.38. The van der Waals surface area contributed by atoms with Crippen LogP contribution in [0.15, 0.2) is 30.3 Å². The molecule has 31 heavy (non-hydrogen) atoms. The van der Waals surface area contributed by atoms with E-state index >= 15 is 0 Å². The summed E-state index contributed by atoms with van der Waals surface area (Å²) in [7, 11) is 0. The molecule has 0 fully saturated rings. The van der Waals surface area contributed by atoms with Gasteiger partial charge in [0.2, 0.25) is 11.6 Å². The van der Waals surface area contributed by atoms with E-state index in [9.17, 15) is 29.4 Å². The predicted molar refractivity (Wildman–Crippen MR) is 110 cm³/mol. The van der Waals surface area contributed by atoms with Gasteiger partial charge in [-0.05, 0) is 25.8 Å². The number of carbonyl (C=O) groups excluding carboxylic acids is 4. The van der Waals surface area contributed by atoms with Crippen molar-refractivity contribution < 1.29 is 34.5 Å². The minimum Gasteiger partial charge on any atom is -0.394 e. The van der Waals surface area contributed by atoms with Crippen molar-refractivity contribution in [3.8, 4) is 0 Å². The third-order valence-electron chi connectivity index (χ3n) is 4.48. The SMILES string of the molecule is C[C@@H](O)[C@H](NN[C@H](C=O)CO)C(=O)C(=O)[C@H](Cc1ccccc1)NN[C@H](C=O)[C@@H](C)O. The van der Waals surface area contributed by atoms with Crippen molar-refractivity contribution in [2.24, 2.45) is 0 Å². The number of ketones is 2. The Morgan fingerprint density at radius 3 is 2.03 bits per heavy atom. The molecule has 0 aromatic heterocycles. The Morgan fingerprint density at radius 1 is 0.903 bits per heavy atom. The summed E-state index contributed by atoms with van der Waals surface area (Å²) < 4.78 is 0. The van der Waals surface area contributed by atoms with Crippen LogP contribution in [0.3, 0.4) is 0 Å². The molecule has 172 valence electrons. The second kappa shape index (κ2) is 13.8. The molecule has 0 aliphatic carbocycles. The molecule has 0 bridgehead atoms. The molecule has 0 aliphatic rings. The van der Waals surface area contributed by atoms with Crippen LogP contribution < -0.4 is 21.7 Å². The number of aliphatic hydroxyl groups is 3. The van der Waals surface area contributed by atoms with E-state index in [1.165, 1.54) is 13.8 Å². The molecule has 0 amide bonds. The van der Waals surface area contributed by atoms with Crippen molar-refractivity contribution in [2.75, 3.05) is 6.61 Å². The van der Waals surface area contributed by atoms with Crippen LogP contribution in [0.25, 0.3) is 0 Å². The average molecular weight is 438 g/mol. The van der Waals surface area contributed by atoms with Crippen molar-refractivity contribution in [1.29, 1.82) is 0 Å². The summed E-state index contributed by atoms with van der Waals surface area (Å²) in [5.74, 6) is -1.89. The maximum Gasteiger partial charge on any atom is 0.220 e. The molecule has 0 spiro atoms. The fourth-order valence-electron chi connectivity index (χ4n) is 2.57. The Bertz CT molecular complexity index is 715. The fourth-order valence-corrected chi connectivity index (χ4v) is 2.57. The zero-order valence-corrected chi connectivity index (χ0v) is 17.4. The molecule has 1 aromatic carbocycles. The van der Waals surface area contributed by atoms with E-state index in [2.05, 4.69) is 21.7 Å². The number of nitrogens with one attached hydrogen (secondary N) is 4. The fraction of sp³-hybridized carbons (Fsp3) is 0.500. The van der Waals surface area contributed by atoms with Crippen molar-refractivity contribution >= 4 is 24.1 Å². The van der Waals surface area contributed by atoms with Gasteiger partial charge in [-0.2, -0.15) is 0 Å². The van der Waals surface area contributed by atoms with E-state index in [0.717, 1.165) is 5.56 Å². The van der Waals surface area contributed by atoms with Crippen LogP contribution in [-0.4, -0.2) is 82.4 Å². The van der Waals surface area contributed by atoms with Gasteiger partial charge in [-0.15, -0.1) is 0 Å². The monoisotopic (exact) mass is 438 g/mol. The van der Waals surface area contributed by atoms with E-state index in [1.807, 2.05) is 0 Å². The van der Waals surface area contributed by atoms with Crippen LogP contribution in [0.1, 0.15) is 19.4 Å². The van der Waals surface area contributed by atoms with Gasteiger partial charge in [0.15, 0.2) is 0 Å². The van der Waals surface area contributed by atoms with Gasteiger partial charge < -0.3 is 24.9 Å². The van der Waals surface area contributed by atoms with Gasteiger partial charge in [0, 0.05) is 0 Å². The Balaban J connectivity index is 3.01. The molecule has 0 unspecified atom stereocenters. The van der Waals surface area contributed by atoms with Gasteiger partial charge >= 0.3 is 0 Å². The van der Waals surface area contributed by atoms with Crippen LogP contribution in [0.4, 0.5) is 0 Å². The molecule has 0 aliphatic heterocycles. The quantitative estimate of drug-likeness (QED) is 0.0805. The maximum absolute atomic E-state index is 12.9. The molecule has 11 nitrogen and oxygen atoms in total. The highest BCUT2D eigenvalue weighted by molar-refractivity contribution is 6.41. The zero-order chi connectivity index (χ0) is 23.4. The lowest BCUT2D eigenvalue weighted by Crippen LogP contribution is -2.61. The van der Waals surface area contributed by atoms with E-state index in [4.69, 9.17) is 5.11 Å². The van der Waals surface area contributed by atoms with Crippen LogP contribution in [0, 0.1) is 0 Å². The number of aldehydes is 2. The lowest BCUT2D eigenvalue weighted by Gasteiger charge is -2.26. The largest absolute Gasteiger partial charge is 0.394 e. The Morgan fingerprint density at radius 2 is 1.55 bits per heavy atom. The molecule has 0 saturated heterocycles. The van der Waals surface area contributed by atoms with E-state index in [0.29, 0.717) is 12.6 Å². The Labute approximate surface area is 180 Å². The molecule has 7 N–H and O–H groups in total. The van der Waals surface area contributed by atoms with Crippen LogP contribution in [0.2, 0.25) is 0 Å². The lowest BCUT2D eigenvalue weighted by atomic mass is 9.95. The standard InChI is InChI=1S/C20H30N4O7/c1-12(28)17(11-27)23-22-16(8-14-6-4-3-5-7-14)19(30)20(31)18(13(2)29)24-21-15(9-25)10-26/h3-7,9,11-13,15-18,21-24,26,28-29H,8,10H2,1-2H3/t12-,13-,15-,16+,17-,18+/m1/s1. The topological polar surface area (TPSA) is 177 Å². The third kappa shape index (κ3) is 8.71. The molecule has 0 radical (unpaired) electrons. The Kier molecular flexibility index (Phi) is 11.9. The van der Waals surface area contributed by atoms with Crippen LogP contribution in [0.5, 0.6) is 0 Å². The van der Waals surface area contributed by atoms with Crippen LogP contribution >= 0.6 is 0 Å². The minimum absolute atomic E-state index is 0.0807. The molecular formula is C20H30N4O7. The summed E-state index contributed by atoms with van der Waals surface area (Å²) in [6.45, 7) is 2.11. The van der Waals surface area contributed by atoms with Crippen molar-refractivity contribution in [1.82, 2.24) is 21.7 Å². The minimum atomic E-state index is -1.40. The first-order chi connectivity index (χ1) is 14.7. The smallest absolute Gasteiger partial charge is 0.220 e. The van der Waals surface area contributed by atoms with E-state index < -0.39 is 54.5 Å². The number of hydrogen-bond donors (Lipinski definition) is 7. The molecular weight excluding hydrogens is 408 g/mol. The summed E-state index contributed by atoms with van der Waals surface area (Å²) in [6.07, 6.45) is -1.42. The zero-order valence-electron chi connectivity index (χ0n) is 17.4. The second-order valence-electron chi connectivity index (χ2n) is 7.09. The molecule has 0 saturated carbocycles. The average Bonchev–Trinajstić information content (AvgIpc) is 2.75. The second-order valence-corrected chi connectivity index (χ2v) is 7.09. The first-order valence-electron chi connectivity index (χ1n) is 9.76. The summed E-state index contributed by atoms with van der Waals surface area (Å²) in [4.78, 5) is 47.7. The van der Waals surface area contributed by atoms with Gasteiger partial charge in [0.1, 0.15) is 24.7 Å². The number of Topliss-reactive ketones (excluding diaryl/α,β-unsaturated/α-hetero) is 2. The van der Waals surface area contributed by atoms with Gasteiger partial charge in [-0.3, -0.25) is 9.59 Å². The van der Waals surface area contributed by atoms with Gasteiger partial charge in [0.25, 0.3) is 0 Å². The highest BCUT2D eigenvalue weighted by atomic mass is 16.3. The number of benzene rings is 1.